The Kier molecular flexibility index (Phi) is 5.87. The van der Waals surface area contributed by atoms with Gasteiger partial charge in [-0.25, -0.2) is 13.2 Å². The monoisotopic (exact) mass is 245 g/mol. The third-order valence-corrected chi connectivity index (χ3v) is 2.67. The summed E-state index contributed by atoms with van der Waals surface area (Å²) >= 11 is 0. The molecule has 17 heavy (non-hydrogen) atoms. The summed E-state index contributed by atoms with van der Waals surface area (Å²) in [7, 11) is 0. The van der Waals surface area contributed by atoms with Crippen molar-refractivity contribution in [3.05, 3.63) is 29.8 Å². The molecule has 1 rings (SSSR count). The maximum absolute atomic E-state index is 13.4. The molecule has 0 fully saturated rings. The zero-order valence-corrected chi connectivity index (χ0v) is 10.1. The number of alkyl halides is 1. The van der Waals surface area contributed by atoms with Crippen LogP contribution in [0.2, 0.25) is 0 Å². The van der Waals surface area contributed by atoms with Crippen molar-refractivity contribution in [1.82, 2.24) is 0 Å². The predicted octanol–water partition coefficient (Wildman–Crippen LogP) is 4.28. The van der Waals surface area contributed by atoms with Crippen LogP contribution in [0.4, 0.5) is 18.9 Å². The molecule has 1 nitrogen and oxygen atoms in total. The summed E-state index contributed by atoms with van der Waals surface area (Å²) in [5, 5.41) is 0. The zero-order valence-electron chi connectivity index (χ0n) is 10.1. The Balaban J connectivity index is 2.62. The summed E-state index contributed by atoms with van der Waals surface area (Å²) < 4.78 is 39.2. The summed E-state index contributed by atoms with van der Waals surface area (Å²) in [5.74, 6) is -1.13. The standard InChI is InChI=1S/C13H18F3N/c1-2-3-4-5-8-17(10-14)13-9-11(15)6-7-12(13)16/h6-7,9H,2-5,8,10H2,1H3. The third kappa shape index (κ3) is 4.29. The second kappa shape index (κ2) is 7.20. The molecule has 0 N–H and O–H groups in total. The maximum atomic E-state index is 13.4. The number of anilines is 1. The van der Waals surface area contributed by atoms with E-state index in [9.17, 15) is 13.2 Å². The van der Waals surface area contributed by atoms with Gasteiger partial charge in [-0.1, -0.05) is 26.2 Å². The highest BCUT2D eigenvalue weighted by Gasteiger charge is 2.11. The molecular formula is C13H18F3N. The largest absolute Gasteiger partial charge is 0.342 e. The fraction of sp³-hybridized carbons (Fsp3) is 0.538. The Bertz CT molecular complexity index is 341. The highest BCUT2D eigenvalue weighted by molar-refractivity contribution is 5.47. The Morgan fingerprint density at radius 2 is 1.88 bits per heavy atom. The SMILES string of the molecule is CCCCCCN(CF)c1cc(F)ccc1F. The minimum Gasteiger partial charge on any atom is -0.342 e. The lowest BCUT2D eigenvalue weighted by Gasteiger charge is -2.21. The molecule has 0 unspecified atom stereocenters. The lowest BCUT2D eigenvalue weighted by atomic mass is 10.2. The van der Waals surface area contributed by atoms with Crippen LogP contribution in [0.15, 0.2) is 18.2 Å². The minimum atomic E-state index is -0.799. The lowest BCUT2D eigenvalue weighted by molar-refractivity contribution is 0.459. The highest BCUT2D eigenvalue weighted by atomic mass is 19.1. The van der Waals surface area contributed by atoms with E-state index in [1.54, 1.807) is 0 Å². The second-order valence-corrected chi connectivity index (χ2v) is 4.04. The highest BCUT2D eigenvalue weighted by Crippen LogP contribution is 2.21. The van der Waals surface area contributed by atoms with Crippen LogP contribution in [0, 0.1) is 11.6 Å². The topological polar surface area (TPSA) is 3.24 Å². The van der Waals surface area contributed by atoms with E-state index < -0.39 is 18.4 Å². The number of hydrogen-bond donors (Lipinski definition) is 0. The van der Waals surface area contributed by atoms with Crippen LogP contribution in [-0.2, 0) is 0 Å². The molecule has 96 valence electrons. The van der Waals surface area contributed by atoms with E-state index in [0.29, 0.717) is 6.54 Å². The van der Waals surface area contributed by atoms with Crippen LogP contribution in [0.3, 0.4) is 0 Å². The third-order valence-electron chi connectivity index (χ3n) is 2.67. The molecule has 4 heteroatoms. The van der Waals surface area contributed by atoms with Gasteiger partial charge in [0.1, 0.15) is 11.6 Å². The van der Waals surface area contributed by atoms with Crippen molar-refractivity contribution in [3.8, 4) is 0 Å². The van der Waals surface area contributed by atoms with Crippen LogP contribution >= 0.6 is 0 Å². The second-order valence-electron chi connectivity index (χ2n) is 4.04. The van der Waals surface area contributed by atoms with E-state index in [2.05, 4.69) is 6.92 Å². The van der Waals surface area contributed by atoms with Crippen molar-refractivity contribution < 1.29 is 13.2 Å². The van der Waals surface area contributed by atoms with Gasteiger partial charge in [-0.2, -0.15) is 0 Å². The molecule has 1 aromatic carbocycles. The molecule has 0 bridgehead atoms. The van der Waals surface area contributed by atoms with Gasteiger partial charge in [0, 0.05) is 12.6 Å². The van der Waals surface area contributed by atoms with Gasteiger partial charge in [-0.3, -0.25) is 0 Å². The van der Waals surface area contributed by atoms with Gasteiger partial charge in [0.25, 0.3) is 0 Å². The molecule has 0 heterocycles. The first kappa shape index (κ1) is 13.9. The van der Waals surface area contributed by atoms with E-state index >= 15 is 0 Å². The fourth-order valence-electron chi connectivity index (χ4n) is 1.70. The molecular weight excluding hydrogens is 227 g/mol. The normalized spacial score (nSPS) is 10.6. The molecule has 0 aromatic heterocycles. The number of halogens is 3. The summed E-state index contributed by atoms with van der Waals surface area (Å²) in [6.07, 6.45) is 3.92. The number of rotatable bonds is 7. The number of benzene rings is 1. The van der Waals surface area contributed by atoms with Crippen LogP contribution in [0.5, 0.6) is 0 Å². The molecule has 0 aliphatic heterocycles. The quantitative estimate of drug-likeness (QED) is 0.512. The molecule has 0 amide bonds. The van der Waals surface area contributed by atoms with Gasteiger partial charge >= 0.3 is 0 Å². The van der Waals surface area contributed by atoms with E-state index in [4.69, 9.17) is 0 Å². The maximum Gasteiger partial charge on any atom is 0.162 e. The molecule has 1 aromatic rings. The predicted molar refractivity (Wildman–Crippen MR) is 63.8 cm³/mol. The molecule has 0 saturated heterocycles. The summed E-state index contributed by atoms with van der Waals surface area (Å²) in [5.41, 5.74) is 0.00370. The lowest BCUT2D eigenvalue weighted by Crippen LogP contribution is -2.24. The zero-order chi connectivity index (χ0) is 12.7. The molecule has 0 aliphatic carbocycles. The van der Waals surface area contributed by atoms with Crippen LogP contribution in [0.25, 0.3) is 0 Å². The number of hydrogen-bond acceptors (Lipinski definition) is 1. The van der Waals surface area contributed by atoms with Crippen molar-refractivity contribution >= 4 is 5.69 Å². The van der Waals surface area contributed by atoms with E-state index in [1.807, 2.05) is 0 Å². The first-order chi connectivity index (χ1) is 8.19. The Labute approximate surface area is 100 Å². The van der Waals surface area contributed by atoms with Crippen molar-refractivity contribution in [3.63, 3.8) is 0 Å². The fourth-order valence-corrected chi connectivity index (χ4v) is 1.70. The van der Waals surface area contributed by atoms with E-state index in [-0.39, 0.29) is 5.69 Å². The smallest absolute Gasteiger partial charge is 0.162 e. The summed E-state index contributed by atoms with van der Waals surface area (Å²) in [6.45, 7) is 1.70. The average Bonchev–Trinajstić information content (AvgIpc) is 2.33. The Morgan fingerprint density at radius 3 is 2.53 bits per heavy atom. The first-order valence-electron chi connectivity index (χ1n) is 5.95. The molecule has 0 radical (unpaired) electrons. The first-order valence-corrected chi connectivity index (χ1v) is 5.95. The van der Waals surface area contributed by atoms with Gasteiger partial charge in [0.05, 0.1) is 5.69 Å². The van der Waals surface area contributed by atoms with Gasteiger partial charge in [0.15, 0.2) is 6.80 Å². The summed E-state index contributed by atoms with van der Waals surface area (Å²) in [4.78, 5) is 1.23. The van der Waals surface area contributed by atoms with Crippen molar-refractivity contribution in [2.75, 3.05) is 18.2 Å². The molecule has 0 atom stereocenters. The molecule has 0 saturated carbocycles. The van der Waals surface area contributed by atoms with Crippen molar-refractivity contribution in [1.29, 1.82) is 0 Å². The molecule has 0 spiro atoms. The number of nitrogens with zero attached hydrogens (tertiary/aromatic N) is 1. The average molecular weight is 245 g/mol. The van der Waals surface area contributed by atoms with E-state index in [1.165, 1.54) is 4.90 Å². The van der Waals surface area contributed by atoms with Gasteiger partial charge in [0.2, 0.25) is 0 Å². The van der Waals surface area contributed by atoms with Gasteiger partial charge in [-0.15, -0.1) is 0 Å². The van der Waals surface area contributed by atoms with Gasteiger partial charge < -0.3 is 4.90 Å². The van der Waals surface area contributed by atoms with E-state index in [0.717, 1.165) is 43.9 Å². The van der Waals surface area contributed by atoms with Gasteiger partial charge in [-0.05, 0) is 18.6 Å². The minimum absolute atomic E-state index is 0.00370. The Hall–Kier alpha value is -1.19. The van der Waals surface area contributed by atoms with Crippen LogP contribution in [-0.4, -0.2) is 13.3 Å². The van der Waals surface area contributed by atoms with Crippen molar-refractivity contribution in [2.45, 2.75) is 32.6 Å². The number of unbranched alkanes of at least 4 members (excludes halogenated alkanes) is 3. The van der Waals surface area contributed by atoms with Crippen molar-refractivity contribution in [2.24, 2.45) is 0 Å². The van der Waals surface area contributed by atoms with Crippen LogP contribution in [0.1, 0.15) is 32.6 Å². The van der Waals surface area contributed by atoms with Crippen LogP contribution < -0.4 is 4.90 Å². The Morgan fingerprint density at radius 1 is 1.12 bits per heavy atom. The summed E-state index contributed by atoms with van der Waals surface area (Å²) in [6, 6.07) is 3.10. The molecule has 0 aliphatic rings.